The van der Waals surface area contributed by atoms with E-state index in [1.807, 2.05) is 21.1 Å². The van der Waals surface area contributed by atoms with Crippen molar-refractivity contribution in [3.8, 4) is 0 Å². The second-order valence-corrected chi connectivity index (χ2v) is 20.3. The zero-order valence-electron chi connectivity index (χ0n) is 43.6. The number of nitrogens with zero attached hydrogens (tertiary/aromatic N) is 1. The van der Waals surface area contributed by atoms with Gasteiger partial charge in [-0.2, -0.15) is 0 Å². The van der Waals surface area contributed by atoms with Crippen molar-refractivity contribution in [1.29, 1.82) is 0 Å². The summed E-state index contributed by atoms with van der Waals surface area (Å²) in [5, 5.41) is 0. The van der Waals surface area contributed by atoms with E-state index < -0.39 is 26.5 Å². The molecule has 9 nitrogen and oxygen atoms in total. The molecule has 0 aliphatic heterocycles. The predicted octanol–water partition coefficient (Wildman–Crippen LogP) is 16.3. The molecule has 0 saturated carbocycles. The third-order valence-corrected chi connectivity index (χ3v) is 12.2. The van der Waals surface area contributed by atoms with Crippen LogP contribution in [0.25, 0.3) is 0 Å². The summed E-state index contributed by atoms with van der Waals surface area (Å²) in [5.74, 6) is -0.804. The lowest BCUT2D eigenvalue weighted by molar-refractivity contribution is -0.870. The van der Waals surface area contributed by atoms with Crippen LogP contribution in [0.3, 0.4) is 0 Å². The molecule has 0 rings (SSSR count). The summed E-state index contributed by atoms with van der Waals surface area (Å²) in [6.07, 6.45) is 63.9. The molecular formula is C57H101NO8P+. The topological polar surface area (TPSA) is 108 Å². The van der Waals surface area contributed by atoms with E-state index in [1.54, 1.807) is 0 Å². The molecule has 0 spiro atoms. The average molecular weight is 959 g/mol. The maximum absolute atomic E-state index is 12.7. The Labute approximate surface area is 411 Å². The van der Waals surface area contributed by atoms with E-state index in [4.69, 9.17) is 18.5 Å². The van der Waals surface area contributed by atoms with Gasteiger partial charge < -0.3 is 18.9 Å². The Morgan fingerprint density at radius 2 is 0.851 bits per heavy atom. The van der Waals surface area contributed by atoms with E-state index in [9.17, 15) is 19.0 Å². The highest BCUT2D eigenvalue weighted by molar-refractivity contribution is 7.47. The summed E-state index contributed by atoms with van der Waals surface area (Å²) in [4.78, 5) is 35.3. The zero-order chi connectivity index (χ0) is 49.2. The SMILES string of the molecule is CC/C=C\C/C=C\C/C=C\C/C=C\C/C=C\C/C=C\C/C=C\CCCCCCCCCCCCCCCC(=O)OC(COC(=O)CCCCCCCCCC)COP(=O)(O)OCC[N+](C)(C)C. The van der Waals surface area contributed by atoms with Crippen molar-refractivity contribution in [2.24, 2.45) is 0 Å². The molecule has 10 heteroatoms. The maximum Gasteiger partial charge on any atom is 0.472 e. The highest BCUT2D eigenvalue weighted by Crippen LogP contribution is 2.43. The third-order valence-electron chi connectivity index (χ3n) is 11.2. The summed E-state index contributed by atoms with van der Waals surface area (Å²) >= 11 is 0. The number of carbonyl (C=O) groups excluding carboxylic acids is 2. The number of carbonyl (C=O) groups is 2. The summed E-state index contributed by atoms with van der Waals surface area (Å²) in [7, 11) is 1.47. The summed E-state index contributed by atoms with van der Waals surface area (Å²) in [6.45, 7) is 4.27. The minimum Gasteiger partial charge on any atom is -0.462 e. The highest BCUT2D eigenvalue weighted by atomic mass is 31.2. The molecule has 2 unspecified atom stereocenters. The van der Waals surface area contributed by atoms with Crippen molar-refractivity contribution in [2.45, 2.75) is 219 Å². The smallest absolute Gasteiger partial charge is 0.462 e. The number of ether oxygens (including phenoxy) is 2. The molecule has 2 atom stereocenters. The van der Waals surface area contributed by atoms with Crippen molar-refractivity contribution < 1.29 is 42.1 Å². The van der Waals surface area contributed by atoms with Crippen molar-refractivity contribution in [1.82, 2.24) is 0 Å². The van der Waals surface area contributed by atoms with Gasteiger partial charge in [-0.05, 0) is 70.6 Å². The monoisotopic (exact) mass is 959 g/mol. The third kappa shape index (κ3) is 52.4. The average Bonchev–Trinajstić information content (AvgIpc) is 3.29. The summed E-state index contributed by atoms with van der Waals surface area (Å²) < 4.78 is 34.3. The van der Waals surface area contributed by atoms with Crippen molar-refractivity contribution in [3.05, 3.63) is 85.1 Å². The normalized spacial score (nSPS) is 14.1. The molecule has 67 heavy (non-hydrogen) atoms. The Hall–Kier alpha value is -2.81. The number of allylic oxidation sites excluding steroid dienone is 14. The quantitative estimate of drug-likeness (QED) is 0.0211. The van der Waals surface area contributed by atoms with Crippen LogP contribution >= 0.6 is 7.82 Å². The van der Waals surface area contributed by atoms with Crippen molar-refractivity contribution in [2.75, 3.05) is 47.5 Å². The molecule has 0 aromatic carbocycles. The molecule has 1 N–H and O–H groups in total. The van der Waals surface area contributed by atoms with E-state index >= 15 is 0 Å². The first-order chi connectivity index (χ1) is 32.5. The number of esters is 2. The van der Waals surface area contributed by atoms with E-state index in [0.29, 0.717) is 17.4 Å². The number of rotatable bonds is 48. The minimum absolute atomic E-state index is 0.0299. The van der Waals surface area contributed by atoms with Gasteiger partial charge in [-0.15, -0.1) is 0 Å². The van der Waals surface area contributed by atoms with Gasteiger partial charge in [0.25, 0.3) is 0 Å². The Morgan fingerprint density at radius 1 is 0.478 bits per heavy atom. The molecule has 386 valence electrons. The van der Waals surface area contributed by atoms with Gasteiger partial charge in [-0.1, -0.05) is 214 Å². The van der Waals surface area contributed by atoms with Crippen LogP contribution in [0, 0.1) is 0 Å². The second-order valence-electron chi connectivity index (χ2n) is 18.9. The van der Waals surface area contributed by atoms with E-state index in [0.717, 1.165) is 83.5 Å². The maximum atomic E-state index is 12.7. The molecule has 0 aliphatic rings. The van der Waals surface area contributed by atoms with Crippen LogP contribution in [-0.2, 0) is 32.7 Å². The first kappa shape index (κ1) is 64.2. The van der Waals surface area contributed by atoms with Crippen molar-refractivity contribution in [3.63, 3.8) is 0 Å². The zero-order valence-corrected chi connectivity index (χ0v) is 44.5. The first-order valence-electron chi connectivity index (χ1n) is 26.8. The van der Waals surface area contributed by atoms with E-state index in [2.05, 4.69) is 98.9 Å². The summed E-state index contributed by atoms with van der Waals surface area (Å²) in [5.41, 5.74) is 0. The van der Waals surface area contributed by atoms with Gasteiger partial charge in [0, 0.05) is 12.8 Å². The van der Waals surface area contributed by atoms with Gasteiger partial charge in [0.05, 0.1) is 27.7 Å². The number of likely N-dealkylation sites (N-methyl/N-ethyl adjacent to an activating group) is 1. The van der Waals surface area contributed by atoms with Crippen LogP contribution < -0.4 is 0 Å². The Kier molecular flexibility index (Phi) is 46.2. The van der Waals surface area contributed by atoms with Gasteiger partial charge >= 0.3 is 19.8 Å². The van der Waals surface area contributed by atoms with Gasteiger partial charge in [-0.3, -0.25) is 18.6 Å². The van der Waals surface area contributed by atoms with Crippen LogP contribution in [0.1, 0.15) is 213 Å². The lowest BCUT2D eigenvalue weighted by Crippen LogP contribution is -2.37. The molecule has 0 aromatic rings. The van der Waals surface area contributed by atoms with E-state index in [-0.39, 0.29) is 32.0 Å². The first-order valence-corrected chi connectivity index (χ1v) is 28.3. The number of phosphoric ester groups is 1. The fourth-order valence-electron chi connectivity index (χ4n) is 7.05. The molecule has 0 bridgehead atoms. The molecule has 0 aliphatic carbocycles. The Bertz CT molecular complexity index is 1410. The minimum atomic E-state index is -4.38. The lowest BCUT2D eigenvalue weighted by Gasteiger charge is -2.24. The molecule has 0 amide bonds. The fourth-order valence-corrected chi connectivity index (χ4v) is 7.80. The van der Waals surface area contributed by atoms with Crippen molar-refractivity contribution >= 4 is 19.8 Å². The van der Waals surface area contributed by atoms with Crippen LogP contribution in [0.2, 0.25) is 0 Å². The van der Waals surface area contributed by atoms with Crippen LogP contribution in [0.5, 0.6) is 0 Å². The Balaban J connectivity index is 4.00. The highest BCUT2D eigenvalue weighted by Gasteiger charge is 2.27. The molecular weight excluding hydrogens is 858 g/mol. The number of unbranched alkanes of at least 4 members (excludes halogenated alkanes) is 20. The van der Waals surface area contributed by atoms with Gasteiger partial charge in [0.2, 0.25) is 0 Å². The predicted molar refractivity (Wildman–Crippen MR) is 284 cm³/mol. The van der Waals surface area contributed by atoms with Crippen LogP contribution in [0.15, 0.2) is 85.1 Å². The molecule has 0 saturated heterocycles. The van der Waals surface area contributed by atoms with Gasteiger partial charge in [0.1, 0.15) is 19.8 Å². The largest absolute Gasteiger partial charge is 0.472 e. The standard InChI is InChI=1S/C57H100NO8P/c1-6-8-10-12-14-16-17-18-19-20-21-22-23-24-25-26-27-28-29-30-31-32-33-34-35-36-37-38-39-40-41-42-44-46-48-50-57(60)66-55(54-65-67(61,62)64-52-51-58(3,4)5)53-63-56(59)49-47-45-43-15-13-11-9-7-2/h8,10,14,16,18-19,21-22,24-25,27-28,30-31,55H,6-7,9,11-13,15,17,20,23,26,29,32-54H2,1-5H3/p+1/b10-8-,16-14-,19-18-,22-21-,25-24-,28-27-,31-30-. The molecule has 0 fully saturated rings. The van der Waals surface area contributed by atoms with Gasteiger partial charge in [-0.25, -0.2) is 4.57 Å². The van der Waals surface area contributed by atoms with Gasteiger partial charge in [0.15, 0.2) is 6.10 Å². The molecule has 0 aromatic heterocycles. The Morgan fingerprint density at radius 3 is 1.27 bits per heavy atom. The number of hydrogen-bond donors (Lipinski definition) is 1. The number of phosphoric acid groups is 1. The van der Waals surface area contributed by atoms with E-state index in [1.165, 1.54) is 96.3 Å². The molecule has 0 heterocycles. The lowest BCUT2D eigenvalue weighted by atomic mass is 10.0. The fraction of sp³-hybridized carbons (Fsp3) is 0.719. The van der Waals surface area contributed by atoms with Crippen LogP contribution in [0.4, 0.5) is 0 Å². The number of quaternary nitrogens is 1. The van der Waals surface area contributed by atoms with Crippen LogP contribution in [-0.4, -0.2) is 74.9 Å². The second kappa shape index (κ2) is 48.2. The number of hydrogen-bond acceptors (Lipinski definition) is 7. The molecule has 0 radical (unpaired) electrons. The summed E-state index contributed by atoms with van der Waals surface area (Å²) in [6, 6.07) is 0.